The van der Waals surface area contributed by atoms with Gasteiger partial charge < -0.3 is 10.2 Å². The normalized spacial score (nSPS) is 19.9. The second-order valence-electron chi connectivity index (χ2n) is 5.06. The number of benzene rings is 1. The number of hydrogen-bond donors (Lipinski definition) is 2. The summed E-state index contributed by atoms with van der Waals surface area (Å²) in [5.41, 5.74) is 1.03. The molecule has 0 saturated carbocycles. The minimum atomic E-state index is -3.59. The van der Waals surface area contributed by atoms with Gasteiger partial charge in [-0.15, -0.1) is 0 Å². The van der Waals surface area contributed by atoms with Gasteiger partial charge in [0.2, 0.25) is 10.0 Å². The second kappa shape index (κ2) is 5.90. The molecule has 3 N–H and O–H groups in total. The molecular weight excluding hydrogens is 278 g/mol. The Morgan fingerprint density at radius 1 is 1.50 bits per heavy atom. The molecule has 1 aliphatic rings. The lowest BCUT2D eigenvalue weighted by Gasteiger charge is -2.34. The maximum absolute atomic E-state index is 12.4. The van der Waals surface area contributed by atoms with Gasteiger partial charge in [-0.3, -0.25) is 4.79 Å². The summed E-state index contributed by atoms with van der Waals surface area (Å²) < 4.78 is 22.2. The topological polar surface area (TPSA) is 92.5 Å². The SMILES string of the molecule is C[C@@H]1CNCCN1C(=O)c1cccc(CS(N)(=O)=O)c1. The molecule has 0 spiro atoms. The molecule has 1 fully saturated rings. The van der Waals surface area contributed by atoms with Crippen LogP contribution < -0.4 is 10.5 Å². The van der Waals surface area contributed by atoms with E-state index in [0.717, 1.165) is 13.1 Å². The Hall–Kier alpha value is -1.44. The maximum atomic E-state index is 12.4. The molecule has 0 bridgehead atoms. The quantitative estimate of drug-likeness (QED) is 0.815. The van der Waals surface area contributed by atoms with E-state index in [0.29, 0.717) is 17.7 Å². The number of nitrogens with one attached hydrogen (secondary N) is 1. The van der Waals surface area contributed by atoms with Gasteiger partial charge in [-0.2, -0.15) is 0 Å². The number of primary sulfonamides is 1. The Balaban J connectivity index is 2.20. The van der Waals surface area contributed by atoms with Crippen molar-refractivity contribution in [2.24, 2.45) is 5.14 Å². The van der Waals surface area contributed by atoms with E-state index in [1.807, 2.05) is 6.92 Å². The summed E-state index contributed by atoms with van der Waals surface area (Å²) in [4.78, 5) is 14.2. The number of nitrogens with zero attached hydrogens (tertiary/aromatic N) is 1. The van der Waals surface area contributed by atoms with Crippen LogP contribution >= 0.6 is 0 Å². The molecule has 2 rings (SSSR count). The molecule has 1 amide bonds. The smallest absolute Gasteiger partial charge is 0.254 e. The first-order valence-electron chi connectivity index (χ1n) is 6.48. The number of amides is 1. The van der Waals surface area contributed by atoms with Crippen molar-refractivity contribution in [1.29, 1.82) is 0 Å². The molecule has 1 heterocycles. The highest BCUT2D eigenvalue weighted by atomic mass is 32.2. The fourth-order valence-electron chi connectivity index (χ4n) is 2.34. The minimum Gasteiger partial charge on any atom is -0.333 e. The lowest BCUT2D eigenvalue weighted by atomic mass is 10.1. The zero-order chi connectivity index (χ0) is 14.8. The molecule has 1 aromatic carbocycles. The minimum absolute atomic E-state index is 0.0738. The highest BCUT2D eigenvalue weighted by Crippen LogP contribution is 2.13. The molecule has 1 atom stereocenters. The van der Waals surface area contributed by atoms with Crippen LogP contribution in [0.4, 0.5) is 0 Å². The fraction of sp³-hybridized carbons (Fsp3) is 0.462. The van der Waals surface area contributed by atoms with Gasteiger partial charge in [-0.05, 0) is 24.6 Å². The van der Waals surface area contributed by atoms with E-state index in [1.54, 1.807) is 29.2 Å². The molecule has 20 heavy (non-hydrogen) atoms. The van der Waals surface area contributed by atoms with E-state index in [4.69, 9.17) is 5.14 Å². The summed E-state index contributed by atoms with van der Waals surface area (Å²) in [6, 6.07) is 6.76. The van der Waals surface area contributed by atoms with Crippen LogP contribution in [0.25, 0.3) is 0 Å². The Morgan fingerprint density at radius 2 is 2.25 bits per heavy atom. The fourth-order valence-corrected chi connectivity index (χ4v) is 2.98. The molecule has 0 aliphatic carbocycles. The lowest BCUT2D eigenvalue weighted by molar-refractivity contribution is 0.0655. The first-order chi connectivity index (χ1) is 9.37. The summed E-state index contributed by atoms with van der Waals surface area (Å²) in [7, 11) is -3.59. The number of sulfonamides is 1. The van der Waals surface area contributed by atoms with Crippen molar-refractivity contribution >= 4 is 15.9 Å². The Morgan fingerprint density at radius 3 is 2.90 bits per heavy atom. The molecule has 1 aliphatic heterocycles. The second-order valence-corrected chi connectivity index (χ2v) is 6.67. The highest BCUT2D eigenvalue weighted by molar-refractivity contribution is 7.88. The van der Waals surface area contributed by atoms with Gasteiger partial charge in [0.25, 0.3) is 5.91 Å². The summed E-state index contributed by atoms with van der Waals surface area (Å²) >= 11 is 0. The van der Waals surface area contributed by atoms with Gasteiger partial charge >= 0.3 is 0 Å². The molecular formula is C13H19N3O3S. The van der Waals surface area contributed by atoms with Gasteiger partial charge in [0.15, 0.2) is 0 Å². The van der Waals surface area contributed by atoms with Crippen LogP contribution in [-0.2, 0) is 15.8 Å². The number of carbonyl (C=O) groups is 1. The van der Waals surface area contributed by atoms with E-state index in [-0.39, 0.29) is 17.7 Å². The number of carbonyl (C=O) groups excluding carboxylic acids is 1. The van der Waals surface area contributed by atoms with Crippen LogP contribution in [0.5, 0.6) is 0 Å². The predicted molar refractivity (Wildman–Crippen MR) is 76.6 cm³/mol. The molecule has 6 nitrogen and oxygen atoms in total. The highest BCUT2D eigenvalue weighted by Gasteiger charge is 2.24. The third kappa shape index (κ3) is 3.78. The van der Waals surface area contributed by atoms with Crippen molar-refractivity contribution in [1.82, 2.24) is 10.2 Å². The van der Waals surface area contributed by atoms with E-state index >= 15 is 0 Å². The molecule has 7 heteroatoms. The third-order valence-corrected chi connectivity index (χ3v) is 4.04. The van der Waals surface area contributed by atoms with Crippen molar-refractivity contribution < 1.29 is 13.2 Å². The van der Waals surface area contributed by atoms with E-state index in [2.05, 4.69) is 5.32 Å². The standard InChI is InChI=1S/C13H19N3O3S/c1-10-8-15-5-6-16(10)13(17)12-4-2-3-11(7-12)9-20(14,18)19/h2-4,7,10,15H,5-6,8-9H2,1H3,(H2,14,18,19)/t10-/m1/s1. The predicted octanol–water partition coefficient (Wildman–Crippen LogP) is -0.0910. The summed E-state index contributed by atoms with van der Waals surface area (Å²) in [6.07, 6.45) is 0. The monoisotopic (exact) mass is 297 g/mol. The number of hydrogen-bond acceptors (Lipinski definition) is 4. The molecule has 0 aromatic heterocycles. The van der Waals surface area contributed by atoms with Crippen molar-refractivity contribution in [2.45, 2.75) is 18.7 Å². The Kier molecular flexibility index (Phi) is 4.42. The van der Waals surface area contributed by atoms with Gasteiger partial charge in [0.05, 0.1) is 5.75 Å². The lowest BCUT2D eigenvalue weighted by Crippen LogP contribution is -2.52. The van der Waals surface area contributed by atoms with Crippen LogP contribution in [0, 0.1) is 0 Å². The first kappa shape index (κ1) is 15.0. The molecule has 0 unspecified atom stereocenters. The largest absolute Gasteiger partial charge is 0.333 e. The Labute approximate surface area is 119 Å². The van der Waals surface area contributed by atoms with Gasteiger partial charge in [0, 0.05) is 31.2 Å². The Bertz CT molecular complexity index is 601. The summed E-state index contributed by atoms with van der Waals surface area (Å²) in [5, 5.41) is 8.25. The van der Waals surface area contributed by atoms with E-state index in [9.17, 15) is 13.2 Å². The molecule has 110 valence electrons. The van der Waals surface area contributed by atoms with Crippen molar-refractivity contribution in [3.05, 3.63) is 35.4 Å². The van der Waals surface area contributed by atoms with E-state index in [1.165, 1.54) is 0 Å². The van der Waals surface area contributed by atoms with Crippen molar-refractivity contribution in [3.8, 4) is 0 Å². The van der Waals surface area contributed by atoms with Gasteiger partial charge in [0.1, 0.15) is 0 Å². The van der Waals surface area contributed by atoms with Crippen LogP contribution in [0.3, 0.4) is 0 Å². The molecule has 0 radical (unpaired) electrons. The third-order valence-electron chi connectivity index (χ3n) is 3.30. The van der Waals surface area contributed by atoms with Crippen LogP contribution in [0.1, 0.15) is 22.8 Å². The number of nitrogens with two attached hydrogens (primary N) is 1. The zero-order valence-corrected chi connectivity index (χ0v) is 12.2. The van der Waals surface area contributed by atoms with Crippen LogP contribution in [0.15, 0.2) is 24.3 Å². The first-order valence-corrected chi connectivity index (χ1v) is 8.19. The van der Waals surface area contributed by atoms with Crippen LogP contribution in [-0.4, -0.2) is 44.9 Å². The van der Waals surface area contributed by atoms with Crippen molar-refractivity contribution in [2.75, 3.05) is 19.6 Å². The number of piperazine rings is 1. The number of rotatable bonds is 3. The summed E-state index contributed by atoms with van der Waals surface area (Å²) in [6.45, 7) is 4.17. The maximum Gasteiger partial charge on any atom is 0.254 e. The zero-order valence-electron chi connectivity index (χ0n) is 11.4. The average Bonchev–Trinajstić information content (AvgIpc) is 2.37. The van der Waals surface area contributed by atoms with Crippen LogP contribution in [0.2, 0.25) is 0 Å². The summed E-state index contributed by atoms with van der Waals surface area (Å²) in [5.74, 6) is -0.333. The molecule has 1 saturated heterocycles. The average molecular weight is 297 g/mol. The van der Waals surface area contributed by atoms with E-state index < -0.39 is 10.0 Å². The van der Waals surface area contributed by atoms with Gasteiger partial charge in [-0.25, -0.2) is 13.6 Å². The molecule has 1 aromatic rings. The van der Waals surface area contributed by atoms with Crippen molar-refractivity contribution in [3.63, 3.8) is 0 Å². The van der Waals surface area contributed by atoms with Gasteiger partial charge in [-0.1, -0.05) is 12.1 Å².